The third-order valence-electron chi connectivity index (χ3n) is 2.89. The Morgan fingerprint density at radius 2 is 2.26 bits per heavy atom. The molecule has 1 aromatic rings. The molecule has 0 fully saturated rings. The van der Waals surface area contributed by atoms with E-state index in [1.54, 1.807) is 13.1 Å². The van der Waals surface area contributed by atoms with Gasteiger partial charge in [-0.1, -0.05) is 6.92 Å². The highest BCUT2D eigenvalue weighted by Gasteiger charge is 2.10. The zero-order valence-corrected chi connectivity index (χ0v) is 11.4. The molecule has 1 atom stereocenters. The van der Waals surface area contributed by atoms with Gasteiger partial charge >= 0.3 is 0 Å². The van der Waals surface area contributed by atoms with Crippen LogP contribution in [0.15, 0.2) is 18.2 Å². The maximum Gasteiger partial charge on any atom is 0.223 e. The summed E-state index contributed by atoms with van der Waals surface area (Å²) in [6.07, 6.45) is 1.64. The van der Waals surface area contributed by atoms with Gasteiger partial charge in [0.2, 0.25) is 5.91 Å². The minimum absolute atomic E-state index is 0.0249. The van der Waals surface area contributed by atoms with Gasteiger partial charge in [0.15, 0.2) is 0 Å². The first-order valence-corrected chi connectivity index (χ1v) is 6.44. The van der Waals surface area contributed by atoms with Crippen LogP contribution in [0.1, 0.15) is 25.3 Å². The highest BCUT2D eigenvalue weighted by molar-refractivity contribution is 5.75. The van der Waals surface area contributed by atoms with Gasteiger partial charge < -0.3 is 15.8 Å². The van der Waals surface area contributed by atoms with E-state index in [9.17, 15) is 9.18 Å². The largest absolute Gasteiger partial charge is 0.493 e. The quantitative estimate of drug-likeness (QED) is 0.790. The number of hydrogen-bond acceptors (Lipinski definition) is 3. The van der Waals surface area contributed by atoms with Crippen LogP contribution in [-0.2, 0) is 11.2 Å². The number of benzene rings is 1. The summed E-state index contributed by atoms with van der Waals surface area (Å²) in [5.74, 6) is 0.195. The van der Waals surface area contributed by atoms with Gasteiger partial charge in [0.1, 0.15) is 11.6 Å². The van der Waals surface area contributed by atoms with Crippen LogP contribution in [0, 0.1) is 5.82 Å². The number of carbonyl (C=O) groups is 1. The van der Waals surface area contributed by atoms with Crippen molar-refractivity contribution in [1.29, 1.82) is 0 Å². The van der Waals surface area contributed by atoms with Crippen LogP contribution in [-0.4, -0.2) is 25.6 Å². The molecular weight excluding hydrogens is 247 g/mol. The SMILES string of the molecule is CCC(N)Cc1cc(F)ccc1OCCC(=O)NC. The number of carbonyl (C=O) groups excluding carboxylic acids is 1. The Morgan fingerprint density at radius 3 is 2.89 bits per heavy atom. The molecule has 0 aliphatic carbocycles. The Balaban J connectivity index is 2.67. The van der Waals surface area contributed by atoms with Crippen molar-refractivity contribution >= 4 is 5.91 Å². The molecule has 1 unspecified atom stereocenters. The van der Waals surface area contributed by atoms with E-state index in [1.165, 1.54) is 12.1 Å². The lowest BCUT2D eigenvalue weighted by molar-refractivity contribution is -0.121. The molecule has 3 N–H and O–H groups in total. The zero-order valence-electron chi connectivity index (χ0n) is 11.4. The molecule has 0 aromatic heterocycles. The summed E-state index contributed by atoms with van der Waals surface area (Å²) in [4.78, 5) is 11.1. The molecule has 0 heterocycles. The predicted octanol–water partition coefficient (Wildman–Crippen LogP) is 1.62. The standard InChI is InChI=1S/C14H21FN2O2/c1-3-12(16)9-10-8-11(15)4-5-13(10)19-7-6-14(18)17-2/h4-5,8,12H,3,6-7,9,16H2,1-2H3,(H,17,18). The predicted molar refractivity (Wildman–Crippen MR) is 72.5 cm³/mol. The summed E-state index contributed by atoms with van der Waals surface area (Å²) in [6.45, 7) is 2.25. The normalized spacial score (nSPS) is 12.0. The van der Waals surface area contributed by atoms with E-state index in [4.69, 9.17) is 10.5 Å². The Hall–Kier alpha value is -1.62. The first-order valence-electron chi connectivity index (χ1n) is 6.44. The van der Waals surface area contributed by atoms with Gasteiger partial charge in [-0.05, 0) is 36.6 Å². The zero-order chi connectivity index (χ0) is 14.3. The highest BCUT2D eigenvalue weighted by atomic mass is 19.1. The fourth-order valence-electron chi connectivity index (χ4n) is 1.65. The van der Waals surface area contributed by atoms with Crippen LogP contribution >= 0.6 is 0 Å². The molecule has 19 heavy (non-hydrogen) atoms. The number of halogens is 1. The van der Waals surface area contributed by atoms with Crippen molar-refractivity contribution in [3.05, 3.63) is 29.6 Å². The van der Waals surface area contributed by atoms with Crippen LogP contribution in [0.4, 0.5) is 4.39 Å². The maximum atomic E-state index is 13.2. The van der Waals surface area contributed by atoms with E-state index in [2.05, 4.69) is 5.32 Å². The van der Waals surface area contributed by atoms with Gasteiger partial charge in [0.05, 0.1) is 13.0 Å². The van der Waals surface area contributed by atoms with E-state index in [1.807, 2.05) is 6.92 Å². The topological polar surface area (TPSA) is 64.3 Å². The Labute approximate surface area is 113 Å². The van der Waals surface area contributed by atoms with Gasteiger partial charge in [0, 0.05) is 13.1 Å². The van der Waals surface area contributed by atoms with Crippen molar-refractivity contribution in [2.75, 3.05) is 13.7 Å². The van der Waals surface area contributed by atoms with E-state index in [0.29, 0.717) is 12.2 Å². The number of nitrogens with one attached hydrogen (secondary N) is 1. The first-order chi connectivity index (χ1) is 9.06. The number of amides is 1. The molecule has 0 spiro atoms. The van der Waals surface area contributed by atoms with Crippen LogP contribution in [0.2, 0.25) is 0 Å². The van der Waals surface area contributed by atoms with E-state index in [-0.39, 0.29) is 30.8 Å². The monoisotopic (exact) mass is 268 g/mol. The molecule has 0 aliphatic heterocycles. The Kier molecular flexibility index (Phi) is 6.29. The second-order valence-corrected chi connectivity index (χ2v) is 4.40. The van der Waals surface area contributed by atoms with Crippen LogP contribution in [0.5, 0.6) is 5.75 Å². The van der Waals surface area contributed by atoms with Crippen LogP contribution < -0.4 is 15.8 Å². The van der Waals surface area contributed by atoms with Crippen LogP contribution in [0.25, 0.3) is 0 Å². The molecule has 1 amide bonds. The number of nitrogens with two attached hydrogens (primary N) is 1. The molecule has 5 heteroatoms. The average molecular weight is 268 g/mol. The van der Waals surface area contributed by atoms with Crippen molar-refractivity contribution in [3.63, 3.8) is 0 Å². The molecule has 0 radical (unpaired) electrons. The third-order valence-corrected chi connectivity index (χ3v) is 2.89. The van der Waals surface area contributed by atoms with Gasteiger partial charge in [0.25, 0.3) is 0 Å². The molecule has 4 nitrogen and oxygen atoms in total. The second-order valence-electron chi connectivity index (χ2n) is 4.40. The van der Waals surface area contributed by atoms with Crippen LogP contribution in [0.3, 0.4) is 0 Å². The lowest BCUT2D eigenvalue weighted by Crippen LogP contribution is -2.22. The smallest absolute Gasteiger partial charge is 0.223 e. The minimum Gasteiger partial charge on any atom is -0.493 e. The van der Waals surface area contributed by atoms with Gasteiger partial charge in [-0.3, -0.25) is 4.79 Å². The number of hydrogen-bond donors (Lipinski definition) is 2. The van der Waals surface area contributed by atoms with Gasteiger partial charge in [-0.25, -0.2) is 4.39 Å². The van der Waals surface area contributed by atoms with E-state index in [0.717, 1.165) is 12.0 Å². The van der Waals surface area contributed by atoms with Gasteiger partial charge in [-0.2, -0.15) is 0 Å². The van der Waals surface area contributed by atoms with Crippen molar-refractivity contribution < 1.29 is 13.9 Å². The number of ether oxygens (including phenoxy) is 1. The summed E-state index contributed by atoms with van der Waals surface area (Å²) in [5.41, 5.74) is 6.62. The van der Waals surface area contributed by atoms with E-state index < -0.39 is 0 Å². The Bertz CT molecular complexity index is 424. The summed E-state index contributed by atoms with van der Waals surface area (Å²) in [7, 11) is 1.58. The number of rotatable bonds is 7. The summed E-state index contributed by atoms with van der Waals surface area (Å²) >= 11 is 0. The Morgan fingerprint density at radius 1 is 1.53 bits per heavy atom. The molecular formula is C14H21FN2O2. The fourth-order valence-corrected chi connectivity index (χ4v) is 1.65. The molecule has 0 bridgehead atoms. The summed E-state index contributed by atoms with van der Waals surface area (Å²) in [5, 5.41) is 2.52. The average Bonchev–Trinajstić information content (AvgIpc) is 2.40. The summed E-state index contributed by atoms with van der Waals surface area (Å²) in [6, 6.07) is 4.33. The molecule has 1 aromatic carbocycles. The van der Waals surface area contributed by atoms with Crippen molar-refractivity contribution in [1.82, 2.24) is 5.32 Å². The lowest BCUT2D eigenvalue weighted by atomic mass is 10.0. The molecule has 1 rings (SSSR count). The molecule has 106 valence electrons. The van der Waals surface area contributed by atoms with Crippen molar-refractivity contribution in [2.45, 2.75) is 32.2 Å². The lowest BCUT2D eigenvalue weighted by Gasteiger charge is -2.14. The van der Waals surface area contributed by atoms with Gasteiger partial charge in [-0.15, -0.1) is 0 Å². The molecule has 0 saturated heterocycles. The molecule has 0 saturated carbocycles. The fraction of sp³-hybridized carbons (Fsp3) is 0.500. The minimum atomic E-state index is -0.308. The van der Waals surface area contributed by atoms with E-state index >= 15 is 0 Å². The second kappa shape index (κ2) is 7.74. The van der Waals surface area contributed by atoms with Crippen molar-refractivity contribution in [2.24, 2.45) is 5.73 Å². The van der Waals surface area contributed by atoms with Crippen molar-refractivity contribution in [3.8, 4) is 5.75 Å². The molecule has 0 aliphatic rings. The first kappa shape index (κ1) is 15.4. The third kappa shape index (κ3) is 5.26. The highest BCUT2D eigenvalue weighted by Crippen LogP contribution is 2.21. The maximum absolute atomic E-state index is 13.2. The summed E-state index contributed by atoms with van der Waals surface area (Å²) < 4.78 is 18.8.